The molecule has 6 nitrogen and oxygen atoms in total. The predicted molar refractivity (Wildman–Crippen MR) is 121 cm³/mol. The van der Waals surface area contributed by atoms with E-state index in [4.69, 9.17) is 9.31 Å². The second-order valence-electron chi connectivity index (χ2n) is 10.4. The number of aliphatic hydroxyl groups is 1. The zero-order valence-electron chi connectivity index (χ0n) is 19.7. The molecule has 2 atom stereocenters. The number of benzene rings is 1. The molecule has 0 aliphatic carbocycles. The minimum atomic E-state index is -0.477. The molecular formula is C23H37BN2O4. The van der Waals surface area contributed by atoms with Gasteiger partial charge in [0.2, 0.25) is 0 Å². The number of urea groups is 1. The number of carbonyl (C=O) groups excluding carboxylic acids is 1. The highest BCUT2D eigenvalue weighted by atomic mass is 16.7. The summed E-state index contributed by atoms with van der Waals surface area (Å²) in [5.41, 5.74) is 2.81. The van der Waals surface area contributed by atoms with Gasteiger partial charge in [-0.2, -0.15) is 0 Å². The second kappa shape index (κ2) is 8.17. The van der Waals surface area contributed by atoms with Gasteiger partial charge in [-0.1, -0.05) is 19.9 Å². The number of carbonyl (C=O) groups is 1. The fraction of sp³-hybridized carbons (Fsp3) is 0.696. The smallest absolute Gasteiger partial charge is 0.399 e. The summed E-state index contributed by atoms with van der Waals surface area (Å²) in [5, 5.41) is 13.4. The van der Waals surface area contributed by atoms with Crippen LogP contribution < -0.4 is 10.8 Å². The summed E-state index contributed by atoms with van der Waals surface area (Å²) in [6, 6.07) is 3.86. The first-order chi connectivity index (χ1) is 13.8. The Morgan fingerprint density at radius 1 is 1.20 bits per heavy atom. The van der Waals surface area contributed by atoms with Crippen LogP contribution in [0.2, 0.25) is 0 Å². The Labute approximate surface area is 181 Å². The molecule has 2 saturated heterocycles. The molecule has 7 heteroatoms. The number of rotatable bonds is 4. The van der Waals surface area contributed by atoms with Crippen molar-refractivity contribution in [3.8, 4) is 0 Å². The maximum absolute atomic E-state index is 12.9. The normalized spacial score (nSPS) is 25.3. The monoisotopic (exact) mass is 416 g/mol. The molecule has 2 fully saturated rings. The van der Waals surface area contributed by atoms with Crippen molar-refractivity contribution in [1.82, 2.24) is 4.90 Å². The molecule has 2 aliphatic heterocycles. The average Bonchev–Trinajstić information content (AvgIpc) is 3.06. The van der Waals surface area contributed by atoms with Gasteiger partial charge in [0, 0.05) is 24.7 Å². The number of likely N-dealkylation sites (tertiary alicyclic amines) is 1. The summed E-state index contributed by atoms with van der Waals surface area (Å²) >= 11 is 0. The van der Waals surface area contributed by atoms with Crippen LogP contribution in [0.15, 0.2) is 12.1 Å². The summed E-state index contributed by atoms with van der Waals surface area (Å²) in [4.78, 5) is 14.7. The number of amides is 2. The number of nitrogens with one attached hydrogen (secondary N) is 1. The van der Waals surface area contributed by atoms with Crippen LogP contribution >= 0.6 is 0 Å². The van der Waals surface area contributed by atoms with Gasteiger partial charge in [0.25, 0.3) is 0 Å². The lowest BCUT2D eigenvalue weighted by atomic mass is 9.75. The van der Waals surface area contributed by atoms with E-state index < -0.39 is 24.4 Å². The van der Waals surface area contributed by atoms with Gasteiger partial charge in [-0.15, -0.1) is 0 Å². The third kappa shape index (κ3) is 4.53. The minimum Gasteiger partial charge on any atom is -0.399 e. The maximum atomic E-state index is 12.9. The predicted octanol–water partition coefficient (Wildman–Crippen LogP) is 3.47. The molecular weight excluding hydrogens is 379 g/mol. The molecule has 1 aromatic rings. The molecule has 3 rings (SSSR count). The highest BCUT2D eigenvalue weighted by Crippen LogP contribution is 2.37. The van der Waals surface area contributed by atoms with Crippen LogP contribution in [0, 0.1) is 25.7 Å². The van der Waals surface area contributed by atoms with Crippen LogP contribution in [0.25, 0.3) is 0 Å². The lowest BCUT2D eigenvalue weighted by Crippen LogP contribution is -2.41. The third-order valence-corrected chi connectivity index (χ3v) is 6.81. The number of aliphatic hydroxyl groups excluding tert-OH is 1. The van der Waals surface area contributed by atoms with E-state index in [0.29, 0.717) is 19.0 Å². The van der Waals surface area contributed by atoms with Crippen molar-refractivity contribution in [1.29, 1.82) is 0 Å². The number of hydrogen-bond donors (Lipinski definition) is 2. The van der Waals surface area contributed by atoms with E-state index >= 15 is 0 Å². The molecule has 2 N–H and O–H groups in total. The first-order valence-electron chi connectivity index (χ1n) is 11.0. The lowest BCUT2D eigenvalue weighted by molar-refractivity contribution is 0.00578. The highest BCUT2D eigenvalue weighted by molar-refractivity contribution is 6.62. The van der Waals surface area contributed by atoms with Crippen LogP contribution in [0.3, 0.4) is 0 Å². The van der Waals surface area contributed by atoms with Gasteiger partial charge in [0.05, 0.1) is 17.3 Å². The second-order valence-corrected chi connectivity index (χ2v) is 10.4. The SMILES string of the molecule is Cc1cc(NC(=O)N2C[C@H](CC(C)C)[C@@H](O)C2)c(C)c(B2OC(C)(C)C(C)(C)O2)c1. The van der Waals surface area contributed by atoms with Crippen molar-refractivity contribution in [2.45, 2.75) is 79.1 Å². The summed E-state index contributed by atoms with van der Waals surface area (Å²) < 4.78 is 12.5. The summed E-state index contributed by atoms with van der Waals surface area (Å²) in [6.45, 7) is 17.4. The van der Waals surface area contributed by atoms with E-state index in [1.54, 1.807) is 4.90 Å². The molecule has 0 bridgehead atoms. The topological polar surface area (TPSA) is 71.0 Å². The standard InChI is InChI=1S/C23H37BN2O4/c1-14(2)9-17-12-26(13-20(17)27)21(28)25-19-11-15(3)10-18(16(19)4)24-29-22(5,6)23(7,8)30-24/h10-11,14,17,20,27H,9,12-13H2,1-8H3,(H,25,28)/t17-,20-/m0/s1. The molecule has 0 aromatic heterocycles. The third-order valence-electron chi connectivity index (χ3n) is 6.81. The van der Waals surface area contributed by atoms with Crippen molar-refractivity contribution < 1.29 is 19.2 Å². The van der Waals surface area contributed by atoms with Gasteiger partial charge in [-0.3, -0.25) is 0 Å². The zero-order chi connectivity index (χ0) is 22.4. The van der Waals surface area contributed by atoms with Crippen molar-refractivity contribution in [2.24, 2.45) is 11.8 Å². The highest BCUT2D eigenvalue weighted by Gasteiger charge is 2.52. The van der Waals surface area contributed by atoms with Crippen molar-refractivity contribution in [3.05, 3.63) is 23.3 Å². The molecule has 2 aliphatic rings. The number of anilines is 1. The van der Waals surface area contributed by atoms with Crippen LogP contribution in [-0.2, 0) is 9.31 Å². The molecule has 0 unspecified atom stereocenters. The van der Waals surface area contributed by atoms with E-state index in [0.717, 1.165) is 28.7 Å². The Bertz CT molecular complexity index is 793. The van der Waals surface area contributed by atoms with Gasteiger partial charge in [0.15, 0.2) is 0 Å². The number of β-amino-alcohol motifs (C(OH)–C–C–N with tert-alkyl or cyclic N) is 1. The van der Waals surface area contributed by atoms with E-state index in [1.165, 1.54) is 0 Å². The summed E-state index contributed by atoms with van der Waals surface area (Å²) in [7, 11) is -0.477. The van der Waals surface area contributed by atoms with E-state index in [1.807, 2.05) is 47.6 Å². The lowest BCUT2D eigenvalue weighted by Gasteiger charge is -2.32. The van der Waals surface area contributed by atoms with Gasteiger partial charge in [0.1, 0.15) is 0 Å². The Morgan fingerprint density at radius 3 is 2.37 bits per heavy atom. The Hall–Kier alpha value is -1.57. The number of nitrogens with zero attached hydrogens (tertiary/aromatic N) is 1. The largest absolute Gasteiger partial charge is 0.495 e. The van der Waals surface area contributed by atoms with E-state index in [9.17, 15) is 9.90 Å². The molecule has 1 aromatic carbocycles. The Kier molecular flexibility index (Phi) is 6.29. The van der Waals surface area contributed by atoms with Crippen LogP contribution in [0.4, 0.5) is 10.5 Å². The van der Waals surface area contributed by atoms with E-state index in [2.05, 4.69) is 25.2 Å². The minimum absolute atomic E-state index is 0.134. The average molecular weight is 416 g/mol. The molecule has 166 valence electrons. The molecule has 0 spiro atoms. The molecule has 2 amide bonds. The fourth-order valence-electron chi connectivity index (χ4n) is 4.28. The zero-order valence-corrected chi connectivity index (χ0v) is 19.7. The molecule has 0 saturated carbocycles. The van der Waals surface area contributed by atoms with Crippen molar-refractivity contribution in [2.75, 3.05) is 18.4 Å². The molecule has 2 heterocycles. The van der Waals surface area contributed by atoms with Gasteiger partial charge in [-0.25, -0.2) is 4.79 Å². The Morgan fingerprint density at radius 2 is 1.80 bits per heavy atom. The first-order valence-corrected chi connectivity index (χ1v) is 11.0. The van der Waals surface area contributed by atoms with Crippen LogP contribution in [-0.4, -0.2) is 53.6 Å². The maximum Gasteiger partial charge on any atom is 0.495 e. The van der Waals surface area contributed by atoms with Crippen molar-refractivity contribution >= 4 is 24.3 Å². The number of aryl methyl sites for hydroxylation is 1. The van der Waals surface area contributed by atoms with Gasteiger partial charge in [-0.05, 0) is 76.5 Å². The van der Waals surface area contributed by atoms with E-state index in [-0.39, 0.29) is 11.9 Å². The molecule has 30 heavy (non-hydrogen) atoms. The van der Waals surface area contributed by atoms with Crippen LogP contribution in [0.1, 0.15) is 59.1 Å². The molecule has 0 radical (unpaired) electrons. The fourth-order valence-corrected chi connectivity index (χ4v) is 4.28. The summed E-state index contributed by atoms with van der Waals surface area (Å²) in [6.07, 6.45) is 0.456. The van der Waals surface area contributed by atoms with Crippen LogP contribution in [0.5, 0.6) is 0 Å². The quantitative estimate of drug-likeness (QED) is 0.738. The Balaban J connectivity index is 1.77. The summed E-state index contributed by atoms with van der Waals surface area (Å²) in [5.74, 6) is 0.629. The van der Waals surface area contributed by atoms with Gasteiger partial charge < -0.3 is 24.6 Å². The van der Waals surface area contributed by atoms with Gasteiger partial charge >= 0.3 is 13.1 Å². The number of hydrogen-bond acceptors (Lipinski definition) is 4. The van der Waals surface area contributed by atoms with Crippen molar-refractivity contribution in [3.63, 3.8) is 0 Å². The first kappa shape index (κ1) is 23.1.